The van der Waals surface area contributed by atoms with Crippen LogP contribution in [0.25, 0.3) is 0 Å². The zero-order valence-corrected chi connectivity index (χ0v) is 9.09. The lowest BCUT2D eigenvalue weighted by atomic mass is 9.83. The molecule has 5 heteroatoms. The highest BCUT2D eigenvalue weighted by Crippen LogP contribution is 2.29. The van der Waals surface area contributed by atoms with Crippen molar-refractivity contribution in [2.45, 2.75) is 44.5 Å². The summed E-state index contributed by atoms with van der Waals surface area (Å²) >= 11 is 0. The Balaban J connectivity index is 2.53. The normalized spacial score (nSPS) is 33.4. The third-order valence-electron chi connectivity index (χ3n) is 3.12. The molecule has 3 atom stereocenters. The van der Waals surface area contributed by atoms with E-state index < -0.39 is 18.8 Å². The van der Waals surface area contributed by atoms with Crippen LogP contribution in [0.4, 0.5) is 13.2 Å². The fourth-order valence-electron chi connectivity index (χ4n) is 2.29. The lowest BCUT2D eigenvalue weighted by Crippen LogP contribution is -2.46. The van der Waals surface area contributed by atoms with Gasteiger partial charge in [0.05, 0.1) is 12.6 Å². The van der Waals surface area contributed by atoms with Crippen molar-refractivity contribution in [1.82, 2.24) is 4.90 Å². The Labute approximate surface area is 88.1 Å². The van der Waals surface area contributed by atoms with Crippen LogP contribution in [-0.2, 0) is 0 Å². The largest absolute Gasteiger partial charge is 0.401 e. The topological polar surface area (TPSA) is 23.5 Å². The van der Waals surface area contributed by atoms with E-state index in [1.165, 1.54) is 11.9 Å². The first-order valence-corrected chi connectivity index (χ1v) is 5.24. The van der Waals surface area contributed by atoms with E-state index in [2.05, 4.69) is 0 Å². The monoisotopic (exact) mass is 225 g/mol. The van der Waals surface area contributed by atoms with E-state index in [1.54, 1.807) is 0 Å². The molecule has 0 saturated heterocycles. The van der Waals surface area contributed by atoms with Crippen LogP contribution < -0.4 is 0 Å². The molecule has 0 spiro atoms. The molecule has 1 fully saturated rings. The summed E-state index contributed by atoms with van der Waals surface area (Å²) in [7, 11) is 1.48. The minimum Gasteiger partial charge on any atom is -0.393 e. The predicted molar refractivity (Wildman–Crippen MR) is 51.5 cm³/mol. The average Bonchev–Trinajstić information content (AvgIpc) is 2.06. The summed E-state index contributed by atoms with van der Waals surface area (Å²) in [5.41, 5.74) is 0. The van der Waals surface area contributed by atoms with Crippen molar-refractivity contribution in [3.05, 3.63) is 0 Å². The van der Waals surface area contributed by atoms with E-state index in [-0.39, 0.29) is 12.0 Å². The van der Waals surface area contributed by atoms with Gasteiger partial charge in [0.2, 0.25) is 0 Å². The number of aliphatic hydroxyl groups is 1. The first kappa shape index (κ1) is 12.8. The molecule has 0 aromatic carbocycles. The van der Waals surface area contributed by atoms with Gasteiger partial charge < -0.3 is 5.11 Å². The molecule has 1 rings (SSSR count). The van der Waals surface area contributed by atoms with Crippen LogP contribution in [0.1, 0.15) is 26.2 Å². The van der Waals surface area contributed by atoms with Gasteiger partial charge in [-0.15, -0.1) is 0 Å². The number of hydrogen-bond acceptors (Lipinski definition) is 2. The Morgan fingerprint density at radius 1 is 1.33 bits per heavy atom. The van der Waals surface area contributed by atoms with E-state index in [9.17, 15) is 18.3 Å². The molecule has 0 aliphatic heterocycles. The molecule has 1 saturated carbocycles. The van der Waals surface area contributed by atoms with Crippen molar-refractivity contribution >= 4 is 0 Å². The van der Waals surface area contributed by atoms with Gasteiger partial charge in [-0.25, -0.2) is 0 Å². The Bertz CT molecular complexity index is 207. The highest BCUT2D eigenvalue weighted by molar-refractivity contribution is 4.84. The highest BCUT2D eigenvalue weighted by atomic mass is 19.4. The van der Waals surface area contributed by atoms with Crippen LogP contribution in [0.2, 0.25) is 0 Å². The van der Waals surface area contributed by atoms with Crippen molar-refractivity contribution in [2.24, 2.45) is 5.92 Å². The van der Waals surface area contributed by atoms with Crippen molar-refractivity contribution in [2.75, 3.05) is 13.6 Å². The summed E-state index contributed by atoms with van der Waals surface area (Å²) in [5.74, 6) is 0.223. The van der Waals surface area contributed by atoms with E-state index >= 15 is 0 Å². The lowest BCUT2D eigenvalue weighted by Gasteiger charge is -2.38. The molecule has 1 aliphatic rings. The highest BCUT2D eigenvalue weighted by Gasteiger charge is 2.36. The maximum Gasteiger partial charge on any atom is 0.401 e. The molecule has 1 aliphatic carbocycles. The molecule has 3 unspecified atom stereocenters. The summed E-state index contributed by atoms with van der Waals surface area (Å²) in [6.07, 6.45) is -2.64. The van der Waals surface area contributed by atoms with E-state index in [0.29, 0.717) is 12.8 Å². The van der Waals surface area contributed by atoms with Crippen molar-refractivity contribution < 1.29 is 18.3 Å². The summed E-state index contributed by atoms with van der Waals surface area (Å²) in [4.78, 5) is 1.31. The summed E-state index contributed by atoms with van der Waals surface area (Å²) in [6.45, 7) is 1.05. The maximum atomic E-state index is 12.2. The number of rotatable bonds is 2. The Kier molecular flexibility index (Phi) is 4.00. The molecule has 0 heterocycles. The van der Waals surface area contributed by atoms with Crippen LogP contribution in [0, 0.1) is 5.92 Å². The lowest BCUT2D eigenvalue weighted by molar-refractivity contribution is -0.152. The Morgan fingerprint density at radius 2 is 1.93 bits per heavy atom. The van der Waals surface area contributed by atoms with Gasteiger partial charge in [-0.1, -0.05) is 6.92 Å². The smallest absolute Gasteiger partial charge is 0.393 e. The first-order chi connectivity index (χ1) is 6.79. The second kappa shape index (κ2) is 4.70. The quantitative estimate of drug-likeness (QED) is 0.777. The molecule has 1 N–H and O–H groups in total. The predicted octanol–water partition coefficient (Wildman–Crippen LogP) is 2.03. The van der Waals surface area contributed by atoms with Crippen molar-refractivity contribution in [3.8, 4) is 0 Å². The van der Waals surface area contributed by atoms with Gasteiger partial charge in [0.1, 0.15) is 0 Å². The minimum absolute atomic E-state index is 0.157. The number of halogens is 3. The van der Waals surface area contributed by atoms with Crippen LogP contribution in [0.15, 0.2) is 0 Å². The van der Waals surface area contributed by atoms with Gasteiger partial charge in [-0.2, -0.15) is 13.2 Å². The third kappa shape index (κ3) is 3.99. The first-order valence-electron chi connectivity index (χ1n) is 5.24. The second-order valence-corrected chi connectivity index (χ2v) is 4.54. The van der Waals surface area contributed by atoms with Gasteiger partial charge in [0.15, 0.2) is 0 Å². The van der Waals surface area contributed by atoms with Crippen molar-refractivity contribution in [1.29, 1.82) is 0 Å². The molecule has 0 amide bonds. The fourth-order valence-corrected chi connectivity index (χ4v) is 2.29. The van der Waals surface area contributed by atoms with Gasteiger partial charge in [0, 0.05) is 6.04 Å². The molecular formula is C10H18F3NO. The molecule has 0 aromatic heterocycles. The Hall–Kier alpha value is -0.290. The molecule has 15 heavy (non-hydrogen) atoms. The van der Waals surface area contributed by atoms with Gasteiger partial charge in [0.25, 0.3) is 0 Å². The molecule has 0 bridgehead atoms. The van der Waals surface area contributed by atoms with Crippen LogP contribution in [0.3, 0.4) is 0 Å². The van der Waals surface area contributed by atoms with Gasteiger partial charge >= 0.3 is 6.18 Å². The minimum atomic E-state index is -4.16. The molecule has 0 aromatic rings. The average molecular weight is 225 g/mol. The maximum absolute atomic E-state index is 12.2. The number of nitrogens with zero attached hydrogens (tertiary/aromatic N) is 1. The number of hydrogen-bond donors (Lipinski definition) is 1. The second-order valence-electron chi connectivity index (χ2n) is 4.54. The van der Waals surface area contributed by atoms with E-state index in [1.807, 2.05) is 6.92 Å². The number of aliphatic hydroxyl groups excluding tert-OH is 1. The van der Waals surface area contributed by atoms with Gasteiger partial charge in [-0.3, -0.25) is 4.90 Å². The summed E-state index contributed by atoms with van der Waals surface area (Å²) in [6, 6.07) is -0.157. The SMILES string of the molecule is CC1CCC(O)CC1N(C)CC(F)(F)F. The van der Waals surface area contributed by atoms with Gasteiger partial charge in [-0.05, 0) is 32.2 Å². The molecule has 0 radical (unpaired) electrons. The van der Waals surface area contributed by atoms with E-state index in [0.717, 1.165) is 6.42 Å². The summed E-state index contributed by atoms with van der Waals surface area (Å²) in [5, 5.41) is 9.44. The fraction of sp³-hybridized carbons (Fsp3) is 1.00. The Morgan fingerprint density at radius 3 is 2.47 bits per heavy atom. The number of alkyl halides is 3. The van der Waals surface area contributed by atoms with Crippen LogP contribution in [-0.4, -0.2) is 41.9 Å². The van der Waals surface area contributed by atoms with Crippen LogP contribution in [0.5, 0.6) is 0 Å². The molecule has 90 valence electrons. The van der Waals surface area contributed by atoms with Crippen molar-refractivity contribution in [3.63, 3.8) is 0 Å². The zero-order chi connectivity index (χ0) is 11.6. The zero-order valence-electron chi connectivity index (χ0n) is 9.09. The molecule has 2 nitrogen and oxygen atoms in total. The standard InChI is InChI=1S/C10H18F3NO/c1-7-3-4-8(15)5-9(7)14(2)6-10(11,12)13/h7-9,15H,3-6H2,1-2H3. The van der Waals surface area contributed by atoms with Crippen LogP contribution >= 0.6 is 0 Å². The third-order valence-corrected chi connectivity index (χ3v) is 3.12. The summed E-state index contributed by atoms with van der Waals surface area (Å²) < 4.78 is 36.5. The van der Waals surface area contributed by atoms with E-state index in [4.69, 9.17) is 0 Å². The molecular weight excluding hydrogens is 207 g/mol.